The molecule has 0 radical (unpaired) electrons. The van der Waals surface area contributed by atoms with Crippen LogP contribution >= 0.6 is 0 Å². The Kier molecular flexibility index (Phi) is 8.71. The van der Waals surface area contributed by atoms with E-state index in [2.05, 4.69) is 266 Å². The highest BCUT2D eigenvalue weighted by molar-refractivity contribution is 6.29. The average molecular weight is 919 g/mol. The summed E-state index contributed by atoms with van der Waals surface area (Å²) in [6.45, 7) is 4.79. The summed E-state index contributed by atoms with van der Waals surface area (Å²) in [6.07, 6.45) is 0. The lowest BCUT2D eigenvalue weighted by Gasteiger charge is -2.31. The number of rotatable bonds is 8. The monoisotopic (exact) mass is 918 g/mol. The van der Waals surface area contributed by atoms with Gasteiger partial charge in [-0.25, -0.2) is 0 Å². The summed E-state index contributed by atoms with van der Waals surface area (Å²) in [5, 5.41) is 14.7. The molecule has 0 bridgehead atoms. The zero-order chi connectivity index (χ0) is 47.7. The minimum absolute atomic E-state index is 0.178. The maximum atomic E-state index is 7.11. The number of hydrogen-bond acceptors (Lipinski definition) is 3. The molecule has 0 saturated heterocycles. The van der Waals surface area contributed by atoms with Gasteiger partial charge in [-0.2, -0.15) is 0 Å². The first kappa shape index (κ1) is 40.7. The van der Waals surface area contributed by atoms with Gasteiger partial charge in [0.1, 0.15) is 5.58 Å². The smallest absolute Gasteiger partial charge is 0.159 e. The number of anilines is 6. The number of benzene rings is 13. The zero-order valence-corrected chi connectivity index (χ0v) is 39.9. The SMILES string of the molecule is CC1(C)c2cccc3ccc4cc(N(c5ccccc5-c5ccccc5)c5ccc6ccc7c(N(c8ccccc8)c8cccc9c8oc8c(-c%10ccccc%10)cccc89)ccc8ccc5c6c87)cc1c4c23. The summed E-state index contributed by atoms with van der Waals surface area (Å²) in [5.41, 5.74) is 15.4. The predicted octanol–water partition coefficient (Wildman–Crippen LogP) is 19.7. The van der Waals surface area contributed by atoms with Crippen molar-refractivity contribution in [3.05, 3.63) is 254 Å². The molecule has 1 aliphatic carbocycles. The van der Waals surface area contributed by atoms with Crippen molar-refractivity contribution in [1.82, 2.24) is 0 Å². The minimum atomic E-state index is -0.178. The summed E-state index contributed by atoms with van der Waals surface area (Å²) in [4.78, 5) is 4.94. The molecule has 338 valence electrons. The van der Waals surface area contributed by atoms with Crippen LogP contribution in [-0.4, -0.2) is 0 Å². The van der Waals surface area contributed by atoms with Crippen LogP contribution in [0.25, 0.3) is 98.1 Å². The van der Waals surface area contributed by atoms with Gasteiger partial charge < -0.3 is 14.2 Å². The van der Waals surface area contributed by atoms with Crippen molar-refractivity contribution in [2.75, 3.05) is 9.80 Å². The second-order valence-electron chi connectivity index (χ2n) is 20.0. The molecule has 0 saturated carbocycles. The Morgan fingerprint density at radius 3 is 1.51 bits per heavy atom. The molecule has 3 heteroatoms. The molecule has 0 fully saturated rings. The largest absolute Gasteiger partial charge is 0.453 e. The quantitative estimate of drug-likeness (QED) is 0.142. The molecule has 0 aliphatic heterocycles. The molecule has 0 N–H and O–H groups in total. The van der Waals surface area contributed by atoms with Gasteiger partial charge in [-0.1, -0.05) is 208 Å². The summed E-state index contributed by atoms with van der Waals surface area (Å²) >= 11 is 0. The Labute approximate surface area is 417 Å². The summed E-state index contributed by atoms with van der Waals surface area (Å²) < 4.78 is 7.11. The van der Waals surface area contributed by atoms with Gasteiger partial charge in [-0.05, 0) is 114 Å². The molecule has 3 nitrogen and oxygen atoms in total. The van der Waals surface area contributed by atoms with Crippen molar-refractivity contribution in [1.29, 1.82) is 0 Å². The maximum absolute atomic E-state index is 7.11. The molecule has 15 rings (SSSR count). The van der Waals surface area contributed by atoms with Crippen LogP contribution in [0.4, 0.5) is 34.1 Å². The van der Waals surface area contributed by atoms with Gasteiger partial charge in [-0.15, -0.1) is 0 Å². The molecule has 0 unspecified atom stereocenters. The van der Waals surface area contributed by atoms with Crippen LogP contribution in [0.5, 0.6) is 0 Å². The molecule has 13 aromatic carbocycles. The number of furan rings is 1. The van der Waals surface area contributed by atoms with E-state index in [1.807, 2.05) is 0 Å². The lowest BCUT2D eigenvalue weighted by Crippen LogP contribution is -2.17. The predicted molar refractivity (Wildman–Crippen MR) is 305 cm³/mol. The topological polar surface area (TPSA) is 19.6 Å². The molecule has 0 spiro atoms. The van der Waals surface area contributed by atoms with E-state index >= 15 is 0 Å². The summed E-state index contributed by atoms with van der Waals surface area (Å²) in [7, 11) is 0. The van der Waals surface area contributed by atoms with Crippen molar-refractivity contribution >= 4 is 110 Å². The lowest BCUT2D eigenvalue weighted by molar-refractivity contribution is 0.663. The highest BCUT2D eigenvalue weighted by Crippen LogP contribution is 2.54. The van der Waals surface area contributed by atoms with Crippen LogP contribution in [0, 0.1) is 0 Å². The molecule has 1 heterocycles. The third-order valence-corrected chi connectivity index (χ3v) is 15.7. The molecule has 1 aromatic heterocycles. The van der Waals surface area contributed by atoms with Crippen molar-refractivity contribution in [3.8, 4) is 22.3 Å². The van der Waals surface area contributed by atoms with Crippen LogP contribution in [-0.2, 0) is 5.41 Å². The van der Waals surface area contributed by atoms with E-state index in [1.165, 1.54) is 76.1 Å². The van der Waals surface area contributed by atoms with Gasteiger partial charge in [0.25, 0.3) is 0 Å². The Hall–Kier alpha value is -9.18. The van der Waals surface area contributed by atoms with Gasteiger partial charge in [0.05, 0.1) is 22.7 Å². The molecular formula is C69H46N2O. The van der Waals surface area contributed by atoms with Crippen LogP contribution in [0.1, 0.15) is 25.0 Å². The van der Waals surface area contributed by atoms with E-state index in [-0.39, 0.29) is 5.41 Å². The van der Waals surface area contributed by atoms with E-state index in [0.717, 1.165) is 67.2 Å². The van der Waals surface area contributed by atoms with Crippen molar-refractivity contribution in [2.45, 2.75) is 19.3 Å². The Bertz CT molecular complexity index is 4480. The summed E-state index contributed by atoms with van der Waals surface area (Å²) in [6, 6.07) is 89.1. The van der Waals surface area contributed by atoms with Crippen molar-refractivity contribution in [3.63, 3.8) is 0 Å². The molecule has 0 atom stereocenters. The first-order valence-corrected chi connectivity index (χ1v) is 25.0. The summed E-state index contributed by atoms with van der Waals surface area (Å²) in [5.74, 6) is 0. The third kappa shape index (κ3) is 5.85. The molecule has 14 aromatic rings. The number of hydrogen-bond donors (Lipinski definition) is 0. The van der Waals surface area contributed by atoms with Gasteiger partial charge >= 0.3 is 0 Å². The van der Waals surface area contributed by atoms with Gasteiger partial charge in [-0.3, -0.25) is 0 Å². The van der Waals surface area contributed by atoms with E-state index in [1.54, 1.807) is 0 Å². The molecule has 72 heavy (non-hydrogen) atoms. The first-order chi connectivity index (χ1) is 35.5. The van der Waals surface area contributed by atoms with Crippen LogP contribution < -0.4 is 9.80 Å². The Morgan fingerprint density at radius 2 is 0.806 bits per heavy atom. The van der Waals surface area contributed by atoms with Gasteiger partial charge in [0.15, 0.2) is 5.58 Å². The number of nitrogens with zero attached hydrogens (tertiary/aromatic N) is 2. The lowest BCUT2D eigenvalue weighted by atomic mass is 9.81. The fourth-order valence-electron chi connectivity index (χ4n) is 12.4. The fourth-order valence-corrected chi connectivity index (χ4v) is 12.4. The Morgan fingerprint density at radius 1 is 0.306 bits per heavy atom. The van der Waals surface area contributed by atoms with E-state index < -0.39 is 0 Å². The minimum Gasteiger partial charge on any atom is -0.453 e. The highest BCUT2D eigenvalue weighted by Gasteiger charge is 2.35. The average Bonchev–Trinajstić information content (AvgIpc) is 3.94. The number of fused-ring (bicyclic) bond motifs is 3. The second kappa shape index (κ2) is 15.4. The zero-order valence-electron chi connectivity index (χ0n) is 39.9. The van der Waals surface area contributed by atoms with Crippen molar-refractivity contribution < 1.29 is 4.42 Å². The molecule has 1 aliphatic rings. The molecule has 0 amide bonds. The van der Waals surface area contributed by atoms with Crippen LogP contribution in [0.2, 0.25) is 0 Å². The fraction of sp³-hybridized carbons (Fsp3) is 0.0435. The highest BCUT2D eigenvalue weighted by atomic mass is 16.3. The van der Waals surface area contributed by atoms with E-state index in [4.69, 9.17) is 4.42 Å². The van der Waals surface area contributed by atoms with Crippen molar-refractivity contribution in [2.24, 2.45) is 0 Å². The normalized spacial score (nSPS) is 13.0. The molecular weight excluding hydrogens is 873 g/mol. The third-order valence-electron chi connectivity index (χ3n) is 15.7. The first-order valence-electron chi connectivity index (χ1n) is 25.0. The Balaban J connectivity index is 0.984. The van der Waals surface area contributed by atoms with E-state index in [0.29, 0.717) is 0 Å². The van der Waals surface area contributed by atoms with E-state index in [9.17, 15) is 0 Å². The van der Waals surface area contributed by atoms with Crippen LogP contribution in [0.3, 0.4) is 0 Å². The van der Waals surface area contributed by atoms with Gasteiger partial charge in [0, 0.05) is 49.5 Å². The van der Waals surface area contributed by atoms with Crippen LogP contribution in [0.15, 0.2) is 247 Å². The maximum Gasteiger partial charge on any atom is 0.159 e. The second-order valence-corrected chi connectivity index (χ2v) is 20.0. The standard InChI is InChI=1S/C69H46N2O/c1-69(2)57-28-14-21-45-31-32-48-41-50(42-58(69)66(48)65(45)57)71(59-29-13-12-24-51(59)43-17-6-3-7-18-43)61-40-36-47-33-37-55-60(39-35-46-34-38-56(61)64(47)63(46)55)70(49-22-10-5-11-23-49)62-30-16-27-54-53-26-15-25-52(67(53)72-68(54)62)44-19-8-4-9-20-44/h3-42H,1-2H3. The van der Waals surface area contributed by atoms with Gasteiger partial charge in [0.2, 0.25) is 0 Å². The number of para-hydroxylation sites is 4.